The van der Waals surface area contributed by atoms with Gasteiger partial charge < -0.3 is 14.7 Å². The van der Waals surface area contributed by atoms with Gasteiger partial charge in [0.1, 0.15) is 5.56 Å². The zero-order valence-corrected chi connectivity index (χ0v) is 12.3. The topological polar surface area (TPSA) is 80.5 Å². The summed E-state index contributed by atoms with van der Waals surface area (Å²) in [6.45, 7) is 5.24. The monoisotopic (exact) mass is 290 g/mol. The van der Waals surface area contributed by atoms with Crippen molar-refractivity contribution >= 4 is 22.7 Å². The van der Waals surface area contributed by atoms with Crippen LogP contribution in [0.4, 0.5) is 5.69 Å². The number of aromatic carboxylic acids is 1. The number of anilines is 1. The molecule has 3 heterocycles. The van der Waals surface area contributed by atoms with Crippen LogP contribution in [-0.4, -0.2) is 51.1 Å². The predicted octanol–water partition coefficient (Wildman–Crippen LogP) is 1.28. The van der Waals surface area contributed by atoms with Crippen LogP contribution in [0.2, 0.25) is 0 Å². The number of ether oxygens (including phenoxy) is 1. The third-order valence-corrected chi connectivity index (χ3v) is 3.86. The molecule has 0 aliphatic carbocycles. The number of hydrogen-bond donors (Lipinski definition) is 1. The second-order valence-electron chi connectivity index (χ2n) is 5.48. The smallest absolute Gasteiger partial charge is 0.339 e. The van der Waals surface area contributed by atoms with Crippen molar-refractivity contribution in [1.29, 1.82) is 0 Å². The van der Waals surface area contributed by atoms with Gasteiger partial charge in [-0.25, -0.2) is 9.78 Å². The Labute approximate surface area is 122 Å². The van der Waals surface area contributed by atoms with Crippen LogP contribution >= 0.6 is 0 Å². The fraction of sp³-hybridized carbons (Fsp3) is 0.500. The highest BCUT2D eigenvalue weighted by atomic mass is 16.5. The third kappa shape index (κ3) is 2.23. The standard InChI is InChI=1S/C14H18N4O3/c1-8-7-21-9(2)6-18(8)12-10-5-16-17(3)13(10)15-4-11(12)14(19)20/h4-5,8-9H,6-7H2,1-3H3,(H,19,20). The van der Waals surface area contributed by atoms with E-state index < -0.39 is 5.97 Å². The lowest BCUT2D eigenvalue weighted by atomic mass is 10.1. The summed E-state index contributed by atoms with van der Waals surface area (Å²) in [6, 6.07) is 0.102. The molecule has 0 spiro atoms. The van der Waals surface area contributed by atoms with Crippen LogP contribution < -0.4 is 4.90 Å². The lowest BCUT2D eigenvalue weighted by Crippen LogP contribution is -2.48. The molecule has 0 aromatic carbocycles. The summed E-state index contributed by atoms with van der Waals surface area (Å²) >= 11 is 0. The summed E-state index contributed by atoms with van der Waals surface area (Å²) < 4.78 is 7.29. The van der Waals surface area contributed by atoms with Crippen molar-refractivity contribution < 1.29 is 14.6 Å². The van der Waals surface area contributed by atoms with Gasteiger partial charge in [-0.3, -0.25) is 4.68 Å². The fourth-order valence-corrected chi connectivity index (χ4v) is 2.76. The molecule has 1 aliphatic rings. The van der Waals surface area contributed by atoms with Gasteiger partial charge in [-0.05, 0) is 13.8 Å². The van der Waals surface area contributed by atoms with Gasteiger partial charge in [-0.2, -0.15) is 5.10 Å². The minimum absolute atomic E-state index is 0.0581. The highest BCUT2D eigenvalue weighted by Crippen LogP contribution is 2.32. The zero-order chi connectivity index (χ0) is 15.1. The zero-order valence-electron chi connectivity index (χ0n) is 12.3. The third-order valence-electron chi connectivity index (χ3n) is 3.86. The Kier molecular flexibility index (Phi) is 3.29. The Morgan fingerprint density at radius 1 is 1.43 bits per heavy atom. The number of rotatable bonds is 2. The quantitative estimate of drug-likeness (QED) is 0.897. The first kappa shape index (κ1) is 13.8. The number of fused-ring (bicyclic) bond motifs is 1. The van der Waals surface area contributed by atoms with Crippen molar-refractivity contribution in [2.24, 2.45) is 7.05 Å². The van der Waals surface area contributed by atoms with Crippen molar-refractivity contribution in [2.75, 3.05) is 18.1 Å². The van der Waals surface area contributed by atoms with Crippen LogP contribution in [-0.2, 0) is 11.8 Å². The molecule has 2 aromatic rings. The SMILES string of the molecule is CC1CN(c2c(C(=O)O)cnc3c2cnn3C)C(C)CO1. The average molecular weight is 290 g/mol. The average Bonchev–Trinajstić information content (AvgIpc) is 2.82. The molecule has 0 amide bonds. The van der Waals surface area contributed by atoms with Crippen LogP contribution in [0.1, 0.15) is 24.2 Å². The van der Waals surface area contributed by atoms with Crippen LogP contribution in [0, 0.1) is 0 Å². The Morgan fingerprint density at radius 2 is 2.19 bits per heavy atom. The minimum atomic E-state index is -0.977. The number of hydrogen-bond acceptors (Lipinski definition) is 5. The van der Waals surface area contributed by atoms with Crippen molar-refractivity contribution in [3.05, 3.63) is 18.0 Å². The molecule has 1 aliphatic heterocycles. The molecular weight excluding hydrogens is 272 g/mol. The van der Waals surface area contributed by atoms with E-state index in [1.54, 1.807) is 17.9 Å². The molecule has 1 saturated heterocycles. The number of carbonyl (C=O) groups is 1. The van der Waals surface area contributed by atoms with Gasteiger partial charge in [-0.15, -0.1) is 0 Å². The van der Waals surface area contributed by atoms with Crippen LogP contribution in [0.5, 0.6) is 0 Å². The Bertz CT molecular complexity index is 697. The van der Waals surface area contributed by atoms with Crippen LogP contribution in [0.15, 0.2) is 12.4 Å². The van der Waals surface area contributed by atoms with Gasteiger partial charge >= 0.3 is 5.97 Å². The van der Waals surface area contributed by atoms with Gasteiger partial charge in [0, 0.05) is 25.8 Å². The normalized spacial score (nSPS) is 22.7. The Morgan fingerprint density at radius 3 is 2.90 bits per heavy atom. The summed E-state index contributed by atoms with van der Waals surface area (Å²) in [5, 5.41) is 14.5. The molecule has 0 saturated carbocycles. The predicted molar refractivity (Wildman–Crippen MR) is 77.7 cm³/mol. The summed E-state index contributed by atoms with van der Waals surface area (Å²) in [4.78, 5) is 17.9. The maximum Gasteiger partial charge on any atom is 0.339 e. The molecule has 1 N–H and O–H groups in total. The second kappa shape index (κ2) is 5.00. The van der Waals surface area contributed by atoms with E-state index in [-0.39, 0.29) is 17.7 Å². The summed E-state index contributed by atoms with van der Waals surface area (Å²) in [6.07, 6.45) is 3.15. The van der Waals surface area contributed by atoms with E-state index >= 15 is 0 Å². The number of morpholine rings is 1. The number of nitrogens with zero attached hydrogens (tertiary/aromatic N) is 4. The molecular formula is C14H18N4O3. The van der Waals surface area contributed by atoms with Crippen molar-refractivity contribution in [1.82, 2.24) is 14.8 Å². The first-order valence-electron chi connectivity index (χ1n) is 6.91. The molecule has 0 bridgehead atoms. The highest BCUT2D eigenvalue weighted by molar-refractivity contribution is 6.03. The van der Waals surface area contributed by atoms with Gasteiger partial charge in [0.15, 0.2) is 5.65 Å². The molecule has 3 rings (SSSR count). The van der Waals surface area contributed by atoms with E-state index in [2.05, 4.69) is 15.0 Å². The molecule has 112 valence electrons. The molecule has 2 unspecified atom stereocenters. The summed E-state index contributed by atoms with van der Waals surface area (Å²) in [7, 11) is 1.80. The maximum absolute atomic E-state index is 11.6. The number of carboxylic acids is 1. The van der Waals surface area contributed by atoms with E-state index in [1.165, 1.54) is 6.20 Å². The highest BCUT2D eigenvalue weighted by Gasteiger charge is 2.29. The molecule has 7 nitrogen and oxygen atoms in total. The van der Waals surface area contributed by atoms with E-state index in [4.69, 9.17) is 4.74 Å². The van der Waals surface area contributed by atoms with Gasteiger partial charge in [0.2, 0.25) is 0 Å². The van der Waals surface area contributed by atoms with Crippen molar-refractivity contribution in [3.8, 4) is 0 Å². The number of aryl methyl sites for hydroxylation is 1. The van der Waals surface area contributed by atoms with Crippen LogP contribution in [0.3, 0.4) is 0 Å². The van der Waals surface area contributed by atoms with E-state index in [0.717, 1.165) is 5.39 Å². The number of aromatic nitrogens is 3. The van der Waals surface area contributed by atoms with Gasteiger partial charge in [0.05, 0.1) is 30.0 Å². The van der Waals surface area contributed by atoms with E-state index in [1.807, 2.05) is 13.8 Å². The molecule has 0 radical (unpaired) electrons. The first-order chi connectivity index (χ1) is 9.99. The number of pyridine rings is 1. The Balaban J connectivity index is 2.22. The van der Waals surface area contributed by atoms with Gasteiger partial charge in [0.25, 0.3) is 0 Å². The largest absolute Gasteiger partial charge is 0.478 e. The van der Waals surface area contributed by atoms with Gasteiger partial charge in [-0.1, -0.05) is 0 Å². The molecule has 21 heavy (non-hydrogen) atoms. The fourth-order valence-electron chi connectivity index (χ4n) is 2.76. The summed E-state index contributed by atoms with van der Waals surface area (Å²) in [5.41, 5.74) is 1.57. The van der Waals surface area contributed by atoms with Crippen molar-refractivity contribution in [2.45, 2.75) is 26.0 Å². The minimum Gasteiger partial charge on any atom is -0.478 e. The molecule has 1 fully saturated rings. The molecule has 2 aromatic heterocycles. The lowest BCUT2D eigenvalue weighted by molar-refractivity contribution is 0.0342. The lowest BCUT2D eigenvalue weighted by Gasteiger charge is -2.39. The maximum atomic E-state index is 11.6. The Hall–Kier alpha value is -2.15. The van der Waals surface area contributed by atoms with E-state index in [9.17, 15) is 9.90 Å². The van der Waals surface area contributed by atoms with Crippen LogP contribution in [0.25, 0.3) is 11.0 Å². The molecule has 2 atom stereocenters. The summed E-state index contributed by atoms with van der Waals surface area (Å²) in [5.74, 6) is -0.977. The van der Waals surface area contributed by atoms with E-state index in [0.29, 0.717) is 24.5 Å². The van der Waals surface area contributed by atoms with Crippen molar-refractivity contribution in [3.63, 3.8) is 0 Å². The number of carboxylic acid groups (broad SMARTS) is 1. The molecule has 7 heteroatoms. The second-order valence-corrected chi connectivity index (χ2v) is 5.48. The first-order valence-corrected chi connectivity index (χ1v) is 6.91.